The molecule has 106 heavy (non-hydrogen) atoms. The van der Waals surface area contributed by atoms with Crippen molar-refractivity contribution in [1.82, 2.24) is 68.7 Å². The van der Waals surface area contributed by atoms with Crippen LogP contribution in [0.2, 0.25) is 0 Å². The minimum absolute atomic E-state index is 0.0294. The van der Waals surface area contributed by atoms with Crippen LogP contribution in [0.25, 0.3) is 0 Å². The van der Waals surface area contributed by atoms with Gasteiger partial charge in [0.2, 0.25) is 70.9 Å². The molecular formula is C75H126N14O17. The van der Waals surface area contributed by atoms with Crippen LogP contribution in [-0.2, 0) is 73.5 Å². The van der Waals surface area contributed by atoms with Crippen molar-refractivity contribution in [3.8, 4) is 0 Å². The molecule has 2 rings (SSSR count). The lowest BCUT2D eigenvalue weighted by molar-refractivity contribution is -0.144. The maximum Gasteiger partial charge on any atom is 0.326 e. The Morgan fingerprint density at radius 1 is 0.481 bits per heavy atom. The molecule has 1 aliphatic rings. The number of carboxylic acids is 1. The first kappa shape index (κ1) is 93.5. The molecule has 0 bridgehead atoms. The third kappa shape index (κ3) is 29.6. The number of carboxylic acid groups (broad SMARTS) is 1. The Balaban J connectivity index is 2.39. The van der Waals surface area contributed by atoms with Crippen molar-refractivity contribution in [2.75, 3.05) is 13.1 Å². The smallest absolute Gasteiger partial charge is 0.326 e. The molecule has 31 nitrogen and oxygen atoms in total. The van der Waals surface area contributed by atoms with Crippen molar-refractivity contribution in [1.29, 1.82) is 0 Å². The normalized spacial score (nSPS) is 17.5. The summed E-state index contributed by atoms with van der Waals surface area (Å²) in [7, 11) is 0. The number of aliphatic hydroxyl groups is 2. The first-order valence-corrected chi connectivity index (χ1v) is 37.5. The summed E-state index contributed by atoms with van der Waals surface area (Å²) in [5.41, 5.74) is 6.24. The molecule has 0 spiro atoms. The SMILES string of the molecule is C/C=C(\NC(=O)[C@H](Cc1ccccc1)NC(=O)[C@H](NC(=O)[C@H](NC(=O)[C@@H](NC(=O)[C@H](NC(=O)[C@H](CCCN)NC(=O)[C@H]1CCCN1C(=O)[C@H](NC(=O)[C@@H](NC(=O)[C@@H](NC(=O)[C@H](NC(=O)CCCC(C)C)C(C)C)[C@@H](C)O)C(C)C)C(C)C)[C@@H](C)CC)[C@H](C)O)[C@@H](C)CC)C(C)C)C(=O)N[C@H](C(=O)O)C(C)C. The molecule has 1 fully saturated rings. The monoisotopic (exact) mass is 1490 g/mol. The van der Waals surface area contributed by atoms with Gasteiger partial charge in [0.05, 0.1) is 12.2 Å². The Hall–Kier alpha value is -8.58. The lowest BCUT2D eigenvalue weighted by Crippen LogP contribution is -2.63. The molecule has 1 saturated heterocycles. The van der Waals surface area contributed by atoms with E-state index < -0.39 is 203 Å². The van der Waals surface area contributed by atoms with Gasteiger partial charge in [0, 0.05) is 19.4 Å². The molecule has 0 radical (unpaired) electrons. The molecule has 1 heterocycles. The van der Waals surface area contributed by atoms with E-state index in [2.05, 4.69) is 63.8 Å². The van der Waals surface area contributed by atoms with E-state index in [-0.39, 0.29) is 56.8 Å². The average Bonchev–Trinajstić information content (AvgIpc) is 1.54. The van der Waals surface area contributed by atoms with Gasteiger partial charge in [-0.1, -0.05) is 166 Å². The third-order valence-electron chi connectivity index (χ3n) is 19.0. The van der Waals surface area contributed by atoms with Gasteiger partial charge in [-0.2, -0.15) is 0 Å². The fourth-order valence-corrected chi connectivity index (χ4v) is 11.8. The van der Waals surface area contributed by atoms with E-state index in [9.17, 15) is 82.4 Å². The summed E-state index contributed by atoms with van der Waals surface area (Å²) in [6, 6.07) is -7.57. The van der Waals surface area contributed by atoms with Crippen LogP contribution in [0.3, 0.4) is 0 Å². The van der Waals surface area contributed by atoms with Gasteiger partial charge in [0.15, 0.2) is 0 Å². The molecule has 16 atom stereocenters. The number of nitrogens with two attached hydrogens (primary N) is 1. The van der Waals surface area contributed by atoms with Crippen molar-refractivity contribution in [2.24, 2.45) is 53.1 Å². The van der Waals surface area contributed by atoms with Crippen molar-refractivity contribution in [3.05, 3.63) is 47.7 Å². The maximum absolute atomic E-state index is 14.7. The quantitative estimate of drug-likeness (QED) is 0.0410. The minimum atomic E-state index is -1.74. The molecule has 0 unspecified atom stereocenters. The minimum Gasteiger partial charge on any atom is -0.480 e. The Morgan fingerprint density at radius 3 is 1.32 bits per heavy atom. The molecule has 1 aromatic carbocycles. The van der Waals surface area contributed by atoms with Crippen LogP contribution in [0.5, 0.6) is 0 Å². The zero-order chi connectivity index (χ0) is 80.7. The Morgan fingerprint density at radius 2 is 0.896 bits per heavy atom. The van der Waals surface area contributed by atoms with Gasteiger partial charge in [0.1, 0.15) is 78.2 Å². The molecular weight excluding hydrogens is 1370 g/mol. The maximum atomic E-state index is 14.7. The van der Waals surface area contributed by atoms with E-state index in [1.54, 1.807) is 127 Å². The number of aliphatic carboxylic acids is 1. The van der Waals surface area contributed by atoms with Crippen molar-refractivity contribution in [2.45, 2.75) is 280 Å². The van der Waals surface area contributed by atoms with E-state index in [1.165, 1.54) is 31.7 Å². The topological polar surface area (TPSA) is 473 Å². The van der Waals surface area contributed by atoms with Crippen molar-refractivity contribution in [3.63, 3.8) is 0 Å². The van der Waals surface area contributed by atoms with Gasteiger partial charge in [-0.3, -0.25) is 62.3 Å². The van der Waals surface area contributed by atoms with Crippen molar-refractivity contribution < 1.29 is 82.4 Å². The summed E-state index contributed by atoms with van der Waals surface area (Å²) in [6.07, 6.45) is 1.01. The van der Waals surface area contributed by atoms with Crippen LogP contribution >= 0.6 is 0 Å². The summed E-state index contributed by atoms with van der Waals surface area (Å²) in [6.45, 7) is 31.5. The number of carbonyl (C=O) groups is 14. The highest BCUT2D eigenvalue weighted by atomic mass is 16.4. The molecule has 0 aliphatic carbocycles. The number of hydrogen-bond donors (Lipinski definition) is 16. The molecule has 17 N–H and O–H groups in total. The van der Waals surface area contributed by atoms with E-state index in [0.29, 0.717) is 37.2 Å². The van der Waals surface area contributed by atoms with Gasteiger partial charge in [-0.15, -0.1) is 0 Å². The summed E-state index contributed by atoms with van der Waals surface area (Å²) >= 11 is 0. The van der Waals surface area contributed by atoms with Gasteiger partial charge in [0.25, 0.3) is 5.91 Å². The standard InChI is InChI=1S/C75H126N14O17/c1-20-44(16)59(71(101)88-62(47(19)91)73(103)86-60(45(17)21-2)70(100)81-55(40(8)9)67(97)79-51(37-48-30-24-23-25-31-48)65(95)77-49(22-3)63(93)84-58(43(14)15)75(105)106)85-64(94)50(32-27-35-76)78-66(96)52-33-28-36-89(52)74(104)57(42(12)13)83-69(99)56(41(10)11)82-72(102)61(46(18)90)87-68(98)54(39(6)7)80-53(92)34-26-29-38(4)5/h22-25,30-31,38-47,50-52,54-62,90-91H,20-21,26-29,32-37,76H2,1-19H3,(H,77,95)(H,78,96)(H,79,97)(H,80,92)(H,81,100)(H,82,102)(H,83,99)(H,84,93)(H,85,94)(H,86,103)(H,87,98)(H,88,101)(H,105,106)/b49-22-/t44-,45-,46+,47-,50-,51-,52+,54+,55+,56-,57+,58-,59+,60+,61-,62-/m0/s1. The number of likely N-dealkylation sites (tertiary alicyclic amines) is 1. The van der Waals surface area contributed by atoms with E-state index in [4.69, 9.17) is 5.73 Å². The highest BCUT2D eigenvalue weighted by molar-refractivity contribution is 6.02. The second-order valence-electron chi connectivity index (χ2n) is 30.1. The number of benzene rings is 1. The molecule has 13 amide bonds. The number of hydrogen-bond acceptors (Lipinski definition) is 17. The number of aliphatic hydroxyl groups excluding tert-OH is 2. The Kier molecular flexibility index (Phi) is 40.4. The average molecular weight is 1500 g/mol. The number of nitrogens with one attached hydrogen (secondary N) is 12. The highest BCUT2D eigenvalue weighted by Crippen LogP contribution is 2.23. The van der Waals surface area contributed by atoms with E-state index in [1.807, 2.05) is 13.8 Å². The predicted molar refractivity (Wildman–Crippen MR) is 399 cm³/mol. The van der Waals surface area contributed by atoms with Crippen LogP contribution in [-0.4, -0.2) is 201 Å². The summed E-state index contributed by atoms with van der Waals surface area (Å²) < 4.78 is 0. The van der Waals surface area contributed by atoms with Gasteiger partial charge >= 0.3 is 5.97 Å². The Bertz CT molecular complexity index is 3140. The summed E-state index contributed by atoms with van der Waals surface area (Å²) in [5.74, 6) is -15.2. The van der Waals surface area contributed by atoms with E-state index in [0.717, 1.165) is 6.42 Å². The second kappa shape index (κ2) is 45.8. The number of allylic oxidation sites excluding steroid dienone is 1. The number of nitrogens with zero attached hydrogens (tertiary/aromatic N) is 1. The van der Waals surface area contributed by atoms with Crippen LogP contribution in [0.15, 0.2) is 42.1 Å². The van der Waals surface area contributed by atoms with Crippen LogP contribution in [0.1, 0.15) is 195 Å². The zero-order valence-electron chi connectivity index (χ0n) is 65.7. The van der Waals surface area contributed by atoms with Crippen LogP contribution in [0.4, 0.5) is 0 Å². The highest BCUT2D eigenvalue weighted by Gasteiger charge is 2.44. The zero-order valence-corrected chi connectivity index (χ0v) is 65.7. The largest absolute Gasteiger partial charge is 0.480 e. The first-order valence-electron chi connectivity index (χ1n) is 37.5. The third-order valence-corrected chi connectivity index (χ3v) is 19.0. The van der Waals surface area contributed by atoms with Crippen LogP contribution in [0, 0.1) is 47.3 Å². The fourth-order valence-electron chi connectivity index (χ4n) is 11.8. The molecule has 598 valence electrons. The first-order chi connectivity index (χ1) is 49.6. The lowest BCUT2D eigenvalue weighted by atomic mass is 9.95. The predicted octanol–water partition coefficient (Wildman–Crippen LogP) is 1.36. The van der Waals surface area contributed by atoms with Crippen molar-refractivity contribution >= 4 is 82.8 Å². The number of carbonyl (C=O) groups excluding carboxylic acids is 13. The number of amides is 13. The molecule has 1 aliphatic heterocycles. The summed E-state index contributed by atoms with van der Waals surface area (Å²) in [5, 5.41) is 63.3. The fraction of sp³-hybridized carbons (Fsp3) is 0.707. The number of rotatable bonds is 45. The molecule has 0 saturated carbocycles. The lowest BCUT2D eigenvalue weighted by Gasteiger charge is -2.33. The van der Waals surface area contributed by atoms with Crippen LogP contribution < -0.4 is 69.5 Å². The van der Waals surface area contributed by atoms with Gasteiger partial charge in [-0.05, 0) is 112 Å². The Labute approximate surface area is 625 Å². The van der Waals surface area contributed by atoms with Gasteiger partial charge in [-0.25, -0.2) is 4.79 Å². The molecule has 0 aromatic heterocycles. The molecule has 31 heteroatoms. The second-order valence-corrected chi connectivity index (χ2v) is 30.1. The summed E-state index contributed by atoms with van der Waals surface area (Å²) in [4.78, 5) is 197. The van der Waals surface area contributed by atoms with E-state index >= 15 is 0 Å². The van der Waals surface area contributed by atoms with Gasteiger partial charge < -0.3 is 89.8 Å². The molecule has 1 aromatic rings.